The van der Waals surface area contributed by atoms with E-state index in [1.807, 2.05) is 0 Å². The van der Waals surface area contributed by atoms with Gasteiger partial charge in [0.2, 0.25) is 0 Å². The molecule has 1 N–H and O–H groups in total. The molecule has 1 heterocycles. The van der Waals surface area contributed by atoms with E-state index in [-0.39, 0.29) is 16.3 Å². The largest absolute Gasteiger partial charge is 0.495 e. The molecule has 8 nitrogen and oxygen atoms in total. The lowest BCUT2D eigenvalue weighted by Gasteiger charge is -2.25. The lowest BCUT2D eigenvalue weighted by atomic mass is 10.3. The molecule has 3 rings (SSSR count). The number of hydrogen-bond donors (Lipinski definition) is 1. The van der Waals surface area contributed by atoms with Gasteiger partial charge < -0.3 is 19.3 Å². The van der Waals surface area contributed by atoms with Crippen molar-refractivity contribution in [3.8, 4) is 17.2 Å². The first-order valence-corrected chi connectivity index (χ1v) is 9.14. The fourth-order valence-corrected chi connectivity index (χ4v) is 4.01. The molecule has 1 aliphatic heterocycles. The van der Waals surface area contributed by atoms with E-state index in [0.29, 0.717) is 24.7 Å². The van der Waals surface area contributed by atoms with Gasteiger partial charge >= 0.3 is 5.97 Å². The molecular weight excluding hydrogens is 362 g/mol. The number of hydrogen-bond acceptors (Lipinski definition) is 6. The van der Waals surface area contributed by atoms with Gasteiger partial charge in [0.1, 0.15) is 25.5 Å². The number of para-hydroxylation sites is 2. The number of nitrogens with zero attached hydrogens (tertiary/aromatic N) is 1. The Bertz CT molecular complexity index is 926. The van der Waals surface area contributed by atoms with Crippen LogP contribution in [0.4, 0.5) is 5.69 Å². The average molecular weight is 379 g/mol. The zero-order valence-corrected chi connectivity index (χ0v) is 14.7. The van der Waals surface area contributed by atoms with Crippen molar-refractivity contribution >= 4 is 21.7 Å². The molecule has 0 radical (unpaired) electrons. The van der Waals surface area contributed by atoms with Crippen LogP contribution in [0, 0.1) is 0 Å². The third-order valence-corrected chi connectivity index (χ3v) is 5.49. The molecular formula is C17H17NO7S. The van der Waals surface area contributed by atoms with Gasteiger partial charge in [-0.1, -0.05) is 12.1 Å². The first kappa shape index (κ1) is 17.9. The van der Waals surface area contributed by atoms with Crippen molar-refractivity contribution in [3.05, 3.63) is 42.5 Å². The number of sulfonamides is 1. The SMILES string of the molecule is COc1ccccc1N(CC(=O)O)S(=O)(=O)c1ccc2c(c1)OCCO2. The number of carbonyl (C=O) groups is 1. The number of aliphatic carboxylic acids is 1. The highest BCUT2D eigenvalue weighted by Crippen LogP contribution is 2.36. The van der Waals surface area contributed by atoms with Crippen LogP contribution >= 0.6 is 0 Å². The number of methoxy groups -OCH3 is 1. The molecule has 0 bridgehead atoms. The lowest BCUT2D eigenvalue weighted by molar-refractivity contribution is -0.135. The van der Waals surface area contributed by atoms with Crippen LogP contribution in [0.1, 0.15) is 0 Å². The molecule has 0 saturated carbocycles. The van der Waals surface area contributed by atoms with Gasteiger partial charge in [-0.25, -0.2) is 8.42 Å². The van der Waals surface area contributed by atoms with E-state index in [1.54, 1.807) is 18.2 Å². The number of ether oxygens (including phenoxy) is 3. The topological polar surface area (TPSA) is 102 Å². The highest BCUT2D eigenvalue weighted by molar-refractivity contribution is 7.92. The summed E-state index contributed by atoms with van der Waals surface area (Å²) in [4.78, 5) is 11.2. The van der Waals surface area contributed by atoms with Crippen LogP contribution in [0.15, 0.2) is 47.4 Å². The van der Waals surface area contributed by atoms with Gasteiger partial charge in [-0.3, -0.25) is 9.10 Å². The first-order valence-electron chi connectivity index (χ1n) is 7.70. The second-order valence-electron chi connectivity index (χ2n) is 5.38. The summed E-state index contributed by atoms with van der Waals surface area (Å²) in [5.41, 5.74) is 0.132. The van der Waals surface area contributed by atoms with Crippen molar-refractivity contribution in [3.63, 3.8) is 0 Å². The minimum absolute atomic E-state index is 0.103. The smallest absolute Gasteiger partial charge is 0.324 e. The maximum Gasteiger partial charge on any atom is 0.324 e. The molecule has 0 fully saturated rings. The number of anilines is 1. The number of benzene rings is 2. The summed E-state index contributed by atoms with van der Waals surface area (Å²) in [6, 6.07) is 10.5. The van der Waals surface area contributed by atoms with Crippen molar-refractivity contribution in [2.75, 3.05) is 31.2 Å². The Morgan fingerprint density at radius 3 is 2.54 bits per heavy atom. The monoisotopic (exact) mass is 379 g/mol. The van der Waals surface area contributed by atoms with E-state index in [1.165, 1.54) is 31.4 Å². The molecule has 1 aliphatic rings. The van der Waals surface area contributed by atoms with Crippen LogP contribution in [-0.2, 0) is 14.8 Å². The van der Waals surface area contributed by atoms with Crippen molar-refractivity contribution < 1.29 is 32.5 Å². The van der Waals surface area contributed by atoms with Crippen LogP contribution in [0.5, 0.6) is 17.2 Å². The Morgan fingerprint density at radius 1 is 1.15 bits per heavy atom. The maximum atomic E-state index is 13.1. The number of carboxylic acids is 1. The summed E-state index contributed by atoms with van der Waals surface area (Å²) in [6.45, 7) is -0.0650. The van der Waals surface area contributed by atoms with Gasteiger partial charge in [-0.15, -0.1) is 0 Å². The van der Waals surface area contributed by atoms with Crippen LogP contribution in [0.25, 0.3) is 0 Å². The van der Waals surface area contributed by atoms with Gasteiger partial charge in [0.25, 0.3) is 10.0 Å². The van der Waals surface area contributed by atoms with Gasteiger partial charge in [0.15, 0.2) is 11.5 Å². The molecule has 9 heteroatoms. The van der Waals surface area contributed by atoms with Crippen LogP contribution in [0.3, 0.4) is 0 Å². The number of fused-ring (bicyclic) bond motifs is 1. The fraction of sp³-hybridized carbons (Fsp3) is 0.235. The van der Waals surface area contributed by atoms with Crippen molar-refractivity contribution in [1.82, 2.24) is 0 Å². The summed E-state index contributed by atoms with van der Waals surface area (Å²) in [5.74, 6) is -0.309. The van der Waals surface area contributed by atoms with Crippen molar-refractivity contribution in [2.45, 2.75) is 4.90 Å². The first-order chi connectivity index (χ1) is 12.4. The van der Waals surface area contributed by atoms with E-state index < -0.39 is 22.5 Å². The van der Waals surface area contributed by atoms with E-state index in [0.717, 1.165) is 4.31 Å². The Balaban J connectivity index is 2.09. The van der Waals surface area contributed by atoms with E-state index in [9.17, 15) is 18.3 Å². The highest BCUT2D eigenvalue weighted by Gasteiger charge is 2.30. The predicted octanol–water partition coefficient (Wildman–Crippen LogP) is 1.75. The van der Waals surface area contributed by atoms with E-state index >= 15 is 0 Å². The van der Waals surface area contributed by atoms with Crippen LogP contribution in [0.2, 0.25) is 0 Å². The minimum atomic E-state index is -4.18. The average Bonchev–Trinajstić information content (AvgIpc) is 2.65. The second kappa shape index (κ2) is 7.12. The molecule has 0 unspecified atom stereocenters. The summed E-state index contributed by atoms with van der Waals surface area (Å²) in [5, 5.41) is 9.22. The standard InChI is InChI=1S/C17H17NO7S/c1-23-14-5-3-2-4-13(14)18(11-17(19)20)26(21,22)12-6-7-15-16(10-12)25-9-8-24-15/h2-7,10H,8-9,11H2,1H3,(H,19,20). The lowest BCUT2D eigenvalue weighted by Crippen LogP contribution is -2.36. The zero-order valence-electron chi connectivity index (χ0n) is 13.9. The quantitative estimate of drug-likeness (QED) is 0.816. The van der Waals surface area contributed by atoms with Crippen molar-refractivity contribution in [1.29, 1.82) is 0 Å². The third-order valence-electron chi connectivity index (χ3n) is 3.73. The van der Waals surface area contributed by atoms with E-state index in [2.05, 4.69) is 0 Å². The van der Waals surface area contributed by atoms with Gasteiger partial charge in [-0.2, -0.15) is 0 Å². The number of rotatable bonds is 6. The summed E-state index contributed by atoms with van der Waals surface area (Å²) < 4.78 is 43.1. The number of carboxylic acid groups (broad SMARTS) is 1. The molecule has 138 valence electrons. The summed E-state index contributed by atoms with van der Waals surface area (Å²) in [6.07, 6.45) is 0. The van der Waals surface area contributed by atoms with Crippen molar-refractivity contribution in [2.24, 2.45) is 0 Å². The van der Waals surface area contributed by atoms with Crippen LogP contribution in [-0.4, -0.2) is 46.4 Å². The molecule has 0 amide bonds. The third kappa shape index (κ3) is 3.38. The van der Waals surface area contributed by atoms with Gasteiger partial charge in [-0.05, 0) is 24.3 Å². The van der Waals surface area contributed by atoms with Gasteiger partial charge in [0, 0.05) is 6.07 Å². The molecule has 0 aliphatic carbocycles. The second-order valence-corrected chi connectivity index (χ2v) is 7.25. The Kier molecular flexibility index (Phi) is 4.90. The molecule has 0 spiro atoms. The summed E-state index contributed by atoms with van der Waals surface area (Å²) >= 11 is 0. The molecule has 26 heavy (non-hydrogen) atoms. The fourth-order valence-electron chi connectivity index (χ4n) is 2.57. The van der Waals surface area contributed by atoms with Gasteiger partial charge in [0.05, 0.1) is 17.7 Å². The maximum absolute atomic E-state index is 13.1. The Labute approximate surface area is 150 Å². The predicted molar refractivity (Wildman–Crippen MR) is 92.6 cm³/mol. The zero-order chi connectivity index (χ0) is 18.7. The Hall–Kier alpha value is -2.94. The minimum Gasteiger partial charge on any atom is -0.495 e. The highest BCUT2D eigenvalue weighted by atomic mass is 32.2. The molecule has 0 aromatic heterocycles. The normalized spacial score (nSPS) is 13.1. The Morgan fingerprint density at radius 2 is 1.85 bits per heavy atom. The summed E-state index contributed by atoms with van der Waals surface area (Å²) in [7, 11) is -2.79. The molecule has 0 atom stereocenters. The van der Waals surface area contributed by atoms with Crippen LogP contribution < -0.4 is 18.5 Å². The molecule has 2 aromatic carbocycles. The van der Waals surface area contributed by atoms with E-state index in [4.69, 9.17) is 14.2 Å². The molecule has 0 saturated heterocycles. The molecule has 2 aromatic rings.